The molecule has 0 fully saturated rings. The number of amides is 1. The van der Waals surface area contributed by atoms with Crippen LogP contribution >= 0.6 is 0 Å². The number of carbonyl (C=O) groups is 1. The minimum atomic E-state index is -0.509. The van der Waals surface area contributed by atoms with Crippen molar-refractivity contribution in [3.8, 4) is 0 Å². The van der Waals surface area contributed by atoms with Gasteiger partial charge in [-0.3, -0.25) is 9.36 Å². The van der Waals surface area contributed by atoms with E-state index in [-0.39, 0.29) is 17.9 Å². The third-order valence-electron chi connectivity index (χ3n) is 2.94. The number of nitrogen functional groups attached to an aromatic ring is 1. The van der Waals surface area contributed by atoms with Crippen LogP contribution in [-0.2, 0) is 11.3 Å². The fourth-order valence-electron chi connectivity index (χ4n) is 1.94. The van der Waals surface area contributed by atoms with Gasteiger partial charge in [0.2, 0.25) is 5.91 Å². The van der Waals surface area contributed by atoms with Crippen molar-refractivity contribution in [3.63, 3.8) is 0 Å². The first-order valence-corrected chi connectivity index (χ1v) is 6.27. The summed E-state index contributed by atoms with van der Waals surface area (Å²) in [5.41, 5.74) is 6.77. The van der Waals surface area contributed by atoms with Crippen LogP contribution in [-0.4, -0.2) is 15.5 Å². The molecular formula is C14H15FN4O2. The number of aromatic nitrogens is 2. The Balaban J connectivity index is 2.20. The molecule has 2 rings (SSSR count). The number of carbonyl (C=O) groups excluding carboxylic acids is 1. The number of aryl methyl sites for hydroxylation is 2. The summed E-state index contributed by atoms with van der Waals surface area (Å²) >= 11 is 0. The van der Waals surface area contributed by atoms with Crippen LogP contribution in [0.5, 0.6) is 0 Å². The van der Waals surface area contributed by atoms with E-state index < -0.39 is 17.4 Å². The quantitative estimate of drug-likeness (QED) is 0.832. The minimum Gasteiger partial charge on any atom is -0.397 e. The maximum Gasteiger partial charge on any atom is 0.348 e. The number of halogens is 1. The Hall–Kier alpha value is -2.70. The van der Waals surface area contributed by atoms with Gasteiger partial charge in [0.1, 0.15) is 12.4 Å². The first-order valence-electron chi connectivity index (χ1n) is 6.27. The second-order valence-electron chi connectivity index (χ2n) is 4.69. The molecule has 1 amide bonds. The highest BCUT2D eigenvalue weighted by Crippen LogP contribution is 2.19. The summed E-state index contributed by atoms with van der Waals surface area (Å²) < 4.78 is 14.4. The summed E-state index contributed by atoms with van der Waals surface area (Å²) in [6, 6.07) is 5.38. The lowest BCUT2D eigenvalue weighted by Gasteiger charge is -2.11. The van der Waals surface area contributed by atoms with Crippen molar-refractivity contribution in [1.29, 1.82) is 0 Å². The molecule has 7 heteroatoms. The van der Waals surface area contributed by atoms with E-state index >= 15 is 0 Å². The molecule has 0 radical (unpaired) electrons. The topological polar surface area (TPSA) is 90.0 Å². The van der Waals surface area contributed by atoms with Crippen molar-refractivity contribution >= 4 is 17.3 Å². The third kappa shape index (κ3) is 3.44. The van der Waals surface area contributed by atoms with Crippen molar-refractivity contribution < 1.29 is 9.18 Å². The number of nitrogens with zero attached hydrogens (tertiary/aromatic N) is 2. The van der Waals surface area contributed by atoms with E-state index in [4.69, 9.17) is 5.73 Å². The molecule has 0 atom stereocenters. The average Bonchev–Trinajstić information content (AvgIpc) is 2.38. The first kappa shape index (κ1) is 14.7. The molecule has 6 nitrogen and oxygen atoms in total. The van der Waals surface area contributed by atoms with E-state index in [1.54, 1.807) is 19.9 Å². The van der Waals surface area contributed by atoms with Gasteiger partial charge in [-0.05, 0) is 38.1 Å². The molecule has 0 aliphatic heterocycles. The lowest BCUT2D eigenvalue weighted by atomic mass is 10.2. The zero-order valence-corrected chi connectivity index (χ0v) is 11.7. The Morgan fingerprint density at radius 2 is 2.10 bits per heavy atom. The monoisotopic (exact) mass is 290 g/mol. The van der Waals surface area contributed by atoms with E-state index in [2.05, 4.69) is 10.3 Å². The fourth-order valence-corrected chi connectivity index (χ4v) is 1.94. The normalized spacial score (nSPS) is 10.4. The Labute approximate surface area is 120 Å². The van der Waals surface area contributed by atoms with Crippen LogP contribution in [0.3, 0.4) is 0 Å². The van der Waals surface area contributed by atoms with Gasteiger partial charge in [-0.15, -0.1) is 0 Å². The van der Waals surface area contributed by atoms with Gasteiger partial charge in [0, 0.05) is 11.4 Å². The Morgan fingerprint density at radius 1 is 1.38 bits per heavy atom. The molecule has 110 valence electrons. The van der Waals surface area contributed by atoms with Crippen LogP contribution in [0.15, 0.2) is 29.1 Å². The molecule has 1 aromatic carbocycles. The van der Waals surface area contributed by atoms with Gasteiger partial charge in [-0.2, -0.15) is 4.98 Å². The van der Waals surface area contributed by atoms with Crippen LogP contribution in [0.2, 0.25) is 0 Å². The molecule has 3 N–H and O–H groups in total. The maximum absolute atomic E-state index is 13.1. The largest absolute Gasteiger partial charge is 0.397 e. The lowest BCUT2D eigenvalue weighted by molar-refractivity contribution is -0.116. The molecule has 0 unspecified atom stereocenters. The molecule has 0 bridgehead atoms. The van der Waals surface area contributed by atoms with Gasteiger partial charge in [-0.1, -0.05) is 0 Å². The first-order chi connectivity index (χ1) is 9.86. The minimum absolute atomic E-state index is 0.172. The number of rotatable bonds is 3. The van der Waals surface area contributed by atoms with Crippen LogP contribution in [0, 0.1) is 19.7 Å². The number of anilines is 2. The van der Waals surface area contributed by atoms with E-state index in [0.717, 1.165) is 6.07 Å². The van der Waals surface area contributed by atoms with Crippen molar-refractivity contribution in [1.82, 2.24) is 9.55 Å². The van der Waals surface area contributed by atoms with Crippen LogP contribution < -0.4 is 16.7 Å². The third-order valence-corrected chi connectivity index (χ3v) is 2.94. The standard InChI is InChI=1S/C14H15FN4O2/c1-8-5-9(2)19(14(21)17-8)7-13(20)18-12-6-10(15)3-4-11(12)16/h3-6H,7,16H2,1-2H3,(H,18,20). The zero-order chi connectivity index (χ0) is 15.6. The van der Waals surface area contributed by atoms with Gasteiger partial charge in [-0.25, -0.2) is 9.18 Å². The van der Waals surface area contributed by atoms with E-state index in [9.17, 15) is 14.0 Å². The summed E-state index contributed by atoms with van der Waals surface area (Å²) in [4.78, 5) is 27.5. The summed E-state index contributed by atoms with van der Waals surface area (Å²) in [7, 11) is 0. The fraction of sp³-hybridized carbons (Fsp3) is 0.214. The van der Waals surface area contributed by atoms with Crippen LogP contribution in [0.4, 0.5) is 15.8 Å². The Kier molecular flexibility index (Phi) is 4.02. The van der Waals surface area contributed by atoms with Crippen LogP contribution in [0.1, 0.15) is 11.4 Å². The second kappa shape index (κ2) is 5.74. The number of hydrogen-bond acceptors (Lipinski definition) is 4. The highest BCUT2D eigenvalue weighted by atomic mass is 19.1. The molecule has 1 heterocycles. The number of nitrogens with two attached hydrogens (primary N) is 1. The molecule has 1 aromatic heterocycles. The summed E-state index contributed by atoms with van der Waals surface area (Å²) in [6.45, 7) is 3.19. The number of hydrogen-bond donors (Lipinski definition) is 2. The van der Waals surface area contributed by atoms with Crippen LogP contribution in [0.25, 0.3) is 0 Å². The highest BCUT2D eigenvalue weighted by molar-refractivity contribution is 5.93. The van der Waals surface area contributed by atoms with Gasteiger partial charge in [0.15, 0.2) is 0 Å². The molecule has 2 aromatic rings. The van der Waals surface area contributed by atoms with Gasteiger partial charge >= 0.3 is 5.69 Å². The predicted octanol–water partition coefficient (Wildman–Crippen LogP) is 1.22. The Morgan fingerprint density at radius 3 is 2.76 bits per heavy atom. The molecular weight excluding hydrogens is 275 g/mol. The van der Waals surface area contributed by atoms with Crippen molar-refractivity contribution in [2.45, 2.75) is 20.4 Å². The molecule has 21 heavy (non-hydrogen) atoms. The van der Waals surface area contributed by atoms with Gasteiger partial charge < -0.3 is 11.1 Å². The van der Waals surface area contributed by atoms with Gasteiger partial charge in [0.05, 0.1) is 11.4 Å². The maximum atomic E-state index is 13.1. The lowest BCUT2D eigenvalue weighted by Crippen LogP contribution is -2.31. The summed E-state index contributed by atoms with van der Waals surface area (Å²) in [6.07, 6.45) is 0. The molecule has 0 aliphatic rings. The zero-order valence-electron chi connectivity index (χ0n) is 11.7. The number of nitrogens with one attached hydrogen (secondary N) is 1. The predicted molar refractivity (Wildman–Crippen MR) is 77.4 cm³/mol. The summed E-state index contributed by atoms with van der Waals surface area (Å²) in [5.74, 6) is -0.993. The van der Waals surface area contributed by atoms with E-state index in [1.165, 1.54) is 16.7 Å². The molecule has 0 saturated carbocycles. The van der Waals surface area contributed by atoms with Crippen molar-refractivity contribution in [2.24, 2.45) is 0 Å². The number of benzene rings is 1. The molecule has 0 spiro atoms. The smallest absolute Gasteiger partial charge is 0.348 e. The molecule has 0 saturated heterocycles. The highest BCUT2D eigenvalue weighted by Gasteiger charge is 2.10. The van der Waals surface area contributed by atoms with E-state index in [0.29, 0.717) is 11.4 Å². The second-order valence-corrected chi connectivity index (χ2v) is 4.69. The van der Waals surface area contributed by atoms with Crippen molar-refractivity contribution in [2.75, 3.05) is 11.1 Å². The van der Waals surface area contributed by atoms with Crippen molar-refractivity contribution in [3.05, 3.63) is 52.0 Å². The average molecular weight is 290 g/mol. The SMILES string of the molecule is Cc1cc(C)n(CC(=O)Nc2cc(F)ccc2N)c(=O)n1. The summed E-state index contributed by atoms with van der Waals surface area (Å²) in [5, 5.41) is 2.48. The van der Waals surface area contributed by atoms with Gasteiger partial charge in [0.25, 0.3) is 0 Å². The van der Waals surface area contributed by atoms with E-state index in [1.807, 2.05) is 0 Å². The molecule has 0 aliphatic carbocycles. The Bertz CT molecular complexity index is 755.